The highest BCUT2D eigenvalue weighted by Gasteiger charge is 2.39. The topological polar surface area (TPSA) is 107 Å². The van der Waals surface area contributed by atoms with Crippen LogP contribution in [0.3, 0.4) is 0 Å². The number of nitrogens with zero attached hydrogens (tertiary/aromatic N) is 1. The third-order valence-electron chi connectivity index (χ3n) is 3.57. The van der Waals surface area contributed by atoms with Gasteiger partial charge >= 0.3 is 0 Å². The van der Waals surface area contributed by atoms with E-state index in [9.17, 15) is 14.4 Å². The van der Waals surface area contributed by atoms with Gasteiger partial charge in [-0.3, -0.25) is 19.4 Å². The van der Waals surface area contributed by atoms with Crippen molar-refractivity contribution in [3.05, 3.63) is 45.5 Å². The van der Waals surface area contributed by atoms with E-state index in [1.165, 1.54) is 13.2 Å². The van der Waals surface area contributed by atoms with Crippen LogP contribution in [-0.4, -0.2) is 34.9 Å². The van der Waals surface area contributed by atoms with Crippen molar-refractivity contribution in [2.24, 2.45) is 0 Å². The number of amides is 2. The van der Waals surface area contributed by atoms with Crippen LogP contribution in [-0.2, 0) is 9.59 Å². The first-order valence-corrected chi connectivity index (χ1v) is 7.50. The second kappa shape index (κ2) is 6.28. The number of hydrogen-bond acceptors (Lipinski definition) is 6. The molecular weight excluding hydrogens is 332 g/mol. The summed E-state index contributed by atoms with van der Waals surface area (Å²) in [4.78, 5) is 42.4. The first-order valence-electron chi connectivity index (χ1n) is 7.09. The van der Waals surface area contributed by atoms with Gasteiger partial charge in [0.15, 0.2) is 4.77 Å². The molecule has 3 N–H and O–H groups in total. The number of anilines is 2. The Kier molecular flexibility index (Phi) is 4.17. The molecule has 3 rings (SSSR count). The van der Waals surface area contributed by atoms with Crippen LogP contribution < -0.4 is 20.5 Å². The minimum atomic E-state index is -0.771. The van der Waals surface area contributed by atoms with Crippen molar-refractivity contribution in [3.8, 4) is 5.75 Å². The summed E-state index contributed by atoms with van der Waals surface area (Å²) in [7, 11) is 1.53. The summed E-state index contributed by atoms with van der Waals surface area (Å²) >= 11 is 4.88. The van der Waals surface area contributed by atoms with Crippen LogP contribution in [0.2, 0.25) is 0 Å². The molecule has 9 heteroatoms. The Bertz CT molecular complexity index is 874. The Morgan fingerprint density at radius 2 is 1.92 bits per heavy atom. The van der Waals surface area contributed by atoms with Crippen molar-refractivity contribution < 1.29 is 14.3 Å². The normalized spacial score (nSPS) is 17.2. The van der Waals surface area contributed by atoms with Gasteiger partial charge in [0.1, 0.15) is 17.6 Å². The summed E-state index contributed by atoms with van der Waals surface area (Å²) in [6.07, 6.45) is -0.0156. The molecule has 1 saturated heterocycles. The lowest BCUT2D eigenvalue weighted by molar-refractivity contribution is -0.121. The second-order valence-corrected chi connectivity index (χ2v) is 5.58. The fraction of sp³-hybridized carbons (Fsp3) is 0.200. The lowest BCUT2D eigenvalue weighted by atomic mass is 10.2. The summed E-state index contributed by atoms with van der Waals surface area (Å²) < 4.78 is 5.19. The van der Waals surface area contributed by atoms with Crippen molar-refractivity contribution in [1.29, 1.82) is 0 Å². The van der Waals surface area contributed by atoms with Crippen molar-refractivity contribution in [2.75, 3.05) is 17.3 Å². The first-order chi connectivity index (χ1) is 11.5. The lowest BCUT2D eigenvalue weighted by Crippen LogP contribution is -2.35. The van der Waals surface area contributed by atoms with Gasteiger partial charge in [-0.2, -0.15) is 0 Å². The average Bonchev–Trinajstić information content (AvgIpc) is 2.80. The van der Waals surface area contributed by atoms with E-state index in [1.807, 2.05) is 0 Å². The second-order valence-electron chi connectivity index (χ2n) is 5.17. The van der Waals surface area contributed by atoms with Gasteiger partial charge in [-0.1, -0.05) is 0 Å². The van der Waals surface area contributed by atoms with Crippen LogP contribution in [0, 0.1) is 4.77 Å². The summed E-state index contributed by atoms with van der Waals surface area (Å²) in [5.74, 6) is 0.186. The van der Waals surface area contributed by atoms with Crippen molar-refractivity contribution in [2.45, 2.75) is 12.5 Å². The summed E-state index contributed by atoms with van der Waals surface area (Å²) in [6, 6.07) is 7.08. The van der Waals surface area contributed by atoms with E-state index in [1.54, 1.807) is 24.3 Å². The minimum absolute atomic E-state index is 0.0156. The predicted octanol–water partition coefficient (Wildman–Crippen LogP) is 1.19. The Morgan fingerprint density at radius 1 is 1.21 bits per heavy atom. The van der Waals surface area contributed by atoms with Gasteiger partial charge < -0.3 is 15.0 Å². The molecule has 1 aliphatic rings. The molecule has 2 heterocycles. The Hall–Kier alpha value is -2.94. The quantitative estimate of drug-likeness (QED) is 0.567. The highest BCUT2D eigenvalue weighted by atomic mass is 32.1. The molecule has 0 spiro atoms. The largest absolute Gasteiger partial charge is 0.497 e. The maximum atomic E-state index is 12.5. The molecule has 124 valence electrons. The van der Waals surface area contributed by atoms with E-state index in [2.05, 4.69) is 15.3 Å². The van der Waals surface area contributed by atoms with E-state index in [4.69, 9.17) is 17.0 Å². The third kappa shape index (κ3) is 3.06. The number of hydrogen-bond donors (Lipinski definition) is 3. The molecule has 2 aromatic rings. The molecule has 0 aliphatic carbocycles. The molecule has 24 heavy (non-hydrogen) atoms. The molecule has 1 aromatic carbocycles. The number of methoxy groups -OCH3 is 1. The van der Waals surface area contributed by atoms with E-state index >= 15 is 0 Å². The van der Waals surface area contributed by atoms with E-state index < -0.39 is 17.5 Å². The SMILES string of the molecule is COc1ccc(N2C(=O)C[C@@H](Nc3cc(=O)[nH]c(=S)[nH]3)C2=O)cc1. The predicted molar refractivity (Wildman–Crippen MR) is 89.8 cm³/mol. The Labute approximate surface area is 141 Å². The average molecular weight is 346 g/mol. The van der Waals surface area contributed by atoms with Crippen LogP contribution in [0.4, 0.5) is 11.5 Å². The minimum Gasteiger partial charge on any atom is -0.497 e. The van der Waals surface area contributed by atoms with Crippen molar-refractivity contribution in [3.63, 3.8) is 0 Å². The number of carbonyl (C=O) groups is 2. The molecule has 0 radical (unpaired) electrons. The molecule has 1 aromatic heterocycles. The van der Waals surface area contributed by atoms with Crippen LogP contribution in [0.25, 0.3) is 0 Å². The maximum absolute atomic E-state index is 12.5. The van der Waals surface area contributed by atoms with Crippen molar-refractivity contribution >= 4 is 35.5 Å². The van der Waals surface area contributed by atoms with Crippen LogP contribution in [0.15, 0.2) is 35.1 Å². The van der Waals surface area contributed by atoms with Gasteiger partial charge in [0.25, 0.3) is 11.5 Å². The van der Waals surface area contributed by atoms with Gasteiger partial charge in [0.05, 0.1) is 19.2 Å². The Morgan fingerprint density at radius 3 is 2.54 bits per heavy atom. The van der Waals surface area contributed by atoms with Crippen molar-refractivity contribution in [1.82, 2.24) is 9.97 Å². The summed E-state index contributed by atoms with van der Waals surface area (Å²) in [5.41, 5.74) is 0.0685. The van der Waals surface area contributed by atoms with E-state index in [-0.39, 0.29) is 22.9 Å². The number of nitrogens with one attached hydrogen (secondary N) is 3. The first kappa shape index (κ1) is 15.9. The number of aromatic nitrogens is 2. The lowest BCUT2D eigenvalue weighted by Gasteiger charge is -2.16. The van der Waals surface area contributed by atoms with E-state index in [0.717, 1.165) is 4.90 Å². The number of benzene rings is 1. The van der Waals surface area contributed by atoms with Crippen LogP contribution in [0.5, 0.6) is 5.75 Å². The third-order valence-corrected chi connectivity index (χ3v) is 3.77. The van der Waals surface area contributed by atoms with Gasteiger partial charge in [-0.15, -0.1) is 0 Å². The number of imide groups is 1. The molecule has 1 aliphatic heterocycles. The fourth-order valence-electron chi connectivity index (χ4n) is 2.48. The zero-order valence-electron chi connectivity index (χ0n) is 12.7. The molecule has 8 nitrogen and oxygen atoms in total. The fourth-order valence-corrected chi connectivity index (χ4v) is 2.69. The number of rotatable bonds is 4. The van der Waals surface area contributed by atoms with Crippen LogP contribution in [0.1, 0.15) is 6.42 Å². The summed E-state index contributed by atoms with van der Waals surface area (Å²) in [5, 5.41) is 2.85. The molecule has 0 bridgehead atoms. The summed E-state index contributed by atoms with van der Waals surface area (Å²) in [6.45, 7) is 0. The molecule has 1 atom stereocenters. The number of ether oxygens (including phenoxy) is 1. The van der Waals surface area contributed by atoms with Gasteiger partial charge in [0.2, 0.25) is 5.91 Å². The molecule has 1 fully saturated rings. The van der Waals surface area contributed by atoms with Gasteiger partial charge in [-0.05, 0) is 36.5 Å². The van der Waals surface area contributed by atoms with Gasteiger partial charge in [-0.25, -0.2) is 4.90 Å². The molecule has 0 saturated carbocycles. The van der Waals surface area contributed by atoms with Crippen LogP contribution >= 0.6 is 12.2 Å². The monoisotopic (exact) mass is 346 g/mol. The zero-order chi connectivity index (χ0) is 17.3. The molecule has 2 amide bonds. The molecular formula is C15H14N4O4S. The molecule has 0 unspecified atom stereocenters. The number of H-pyrrole nitrogens is 2. The Balaban J connectivity index is 1.83. The van der Waals surface area contributed by atoms with Gasteiger partial charge in [0, 0.05) is 6.07 Å². The number of carbonyl (C=O) groups excluding carboxylic acids is 2. The maximum Gasteiger partial charge on any atom is 0.256 e. The smallest absolute Gasteiger partial charge is 0.256 e. The zero-order valence-corrected chi connectivity index (χ0v) is 13.5. The number of aromatic amines is 2. The van der Waals surface area contributed by atoms with E-state index in [0.29, 0.717) is 11.4 Å². The highest BCUT2D eigenvalue weighted by molar-refractivity contribution is 7.71. The highest BCUT2D eigenvalue weighted by Crippen LogP contribution is 2.26. The standard InChI is InChI=1S/C15H14N4O4S/c1-23-9-4-2-8(3-5-9)19-13(21)6-10(14(19)22)16-11-7-12(20)18-15(24)17-11/h2-5,7,10H,6H2,1H3,(H3,16,17,18,20,24)/t10-/m1/s1.